The van der Waals surface area contributed by atoms with Crippen molar-refractivity contribution < 1.29 is 9.90 Å². The molecule has 3 N–H and O–H groups in total. The molecule has 0 fully saturated rings. The molecule has 0 saturated heterocycles. The Morgan fingerprint density at radius 2 is 1.82 bits per heavy atom. The van der Waals surface area contributed by atoms with Crippen LogP contribution in [-0.4, -0.2) is 23.8 Å². The lowest BCUT2D eigenvalue weighted by Gasteiger charge is -2.12. The molecule has 2 aromatic carbocycles. The van der Waals surface area contributed by atoms with E-state index in [9.17, 15) is 4.79 Å². The van der Waals surface area contributed by atoms with Gasteiger partial charge in [0.15, 0.2) is 0 Å². The Bertz CT molecular complexity index is 640. The number of aryl methyl sites for hydroxylation is 1. The van der Waals surface area contributed by atoms with Crippen LogP contribution in [0.1, 0.15) is 18.1 Å². The number of benzene rings is 2. The summed E-state index contributed by atoms with van der Waals surface area (Å²) in [5.41, 5.74) is 4.55. The third-order valence-electron chi connectivity index (χ3n) is 3.38. The average molecular weight is 298 g/mol. The fraction of sp³-hybridized carbons (Fsp3) is 0.278. The van der Waals surface area contributed by atoms with E-state index in [1.165, 1.54) is 11.1 Å². The Hall–Kier alpha value is -2.33. The fourth-order valence-corrected chi connectivity index (χ4v) is 2.19. The fourth-order valence-electron chi connectivity index (χ4n) is 2.19. The SMILES string of the molecule is Cc1cccc(-c2cccc(CNC(=O)NC(C)CO)c2)c1. The Kier molecular flexibility index (Phi) is 5.55. The summed E-state index contributed by atoms with van der Waals surface area (Å²) >= 11 is 0. The van der Waals surface area contributed by atoms with Gasteiger partial charge in [-0.2, -0.15) is 0 Å². The van der Waals surface area contributed by atoms with Crippen molar-refractivity contribution in [2.75, 3.05) is 6.61 Å². The van der Waals surface area contributed by atoms with E-state index in [1.54, 1.807) is 6.92 Å². The highest BCUT2D eigenvalue weighted by atomic mass is 16.3. The van der Waals surface area contributed by atoms with Crippen LogP contribution in [0, 0.1) is 6.92 Å². The number of rotatable bonds is 5. The molecule has 0 aromatic heterocycles. The van der Waals surface area contributed by atoms with Gasteiger partial charge in [0.2, 0.25) is 0 Å². The molecule has 4 heteroatoms. The third-order valence-corrected chi connectivity index (χ3v) is 3.38. The number of amides is 2. The van der Waals surface area contributed by atoms with Gasteiger partial charge in [-0.05, 0) is 36.6 Å². The second-order valence-corrected chi connectivity index (χ2v) is 5.48. The number of hydrogen-bond donors (Lipinski definition) is 3. The molecule has 2 aromatic rings. The summed E-state index contributed by atoms with van der Waals surface area (Å²) in [7, 11) is 0. The van der Waals surface area contributed by atoms with Crippen LogP contribution < -0.4 is 10.6 Å². The monoisotopic (exact) mass is 298 g/mol. The van der Waals surface area contributed by atoms with Crippen LogP contribution in [0.4, 0.5) is 4.79 Å². The number of carbonyl (C=O) groups excluding carboxylic acids is 1. The predicted octanol–water partition coefficient (Wildman–Crippen LogP) is 2.84. The van der Waals surface area contributed by atoms with Crippen molar-refractivity contribution in [1.82, 2.24) is 10.6 Å². The van der Waals surface area contributed by atoms with Gasteiger partial charge in [-0.1, -0.05) is 48.0 Å². The van der Waals surface area contributed by atoms with E-state index in [0.29, 0.717) is 6.54 Å². The molecule has 0 aliphatic carbocycles. The Labute approximate surface area is 131 Å². The number of aliphatic hydroxyl groups is 1. The molecule has 0 radical (unpaired) electrons. The minimum absolute atomic E-state index is 0.0732. The van der Waals surface area contributed by atoms with Crippen molar-refractivity contribution in [3.05, 3.63) is 59.7 Å². The Balaban J connectivity index is 2.01. The first-order valence-electron chi connectivity index (χ1n) is 7.39. The van der Waals surface area contributed by atoms with Crippen LogP contribution in [-0.2, 0) is 6.54 Å². The summed E-state index contributed by atoms with van der Waals surface area (Å²) in [6.45, 7) is 4.19. The number of nitrogens with one attached hydrogen (secondary N) is 2. The van der Waals surface area contributed by atoms with Gasteiger partial charge in [0, 0.05) is 6.54 Å². The van der Waals surface area contributed by atoms with Crippen LogP contribution >= 0.6 is 0 Å². The van der Waals surface area contributed by atoms with Crippen molar-refractivity contribution in [2.24, 2.45) is 0 Å². The normalized spacial score (nSPS) is 11.8. The molecule has 4 nitrogen and oxygen atoms in total. The first-order valence-corrected chi connectivity index (χ1v) is 7.39. The lowest BCUT2D eigenvalue weighted by Crippen LogP contribution is -2.41. The van der Waals surface area contributed by atoms with E-state index in [1.807, 2.05) is 18.2 Å². The molecule has 0 spiro atoms. The lowest BCUT2D eigenvalue weighted by molar-refractivity contribution is 0.220. The molecule has 0 heterocycles. The van der Waals surface area contributed by atoms with E-state index in [4.69, 9.17) is 5.11 Å². The zero-order chi connectivity index (χ0) is 15.9. The van der Waals surface area contributed by atoms with Gasteiger partial charge in [-0.25, -0.2) is 4.79 Å². The lowest BCUT2D eigenvalue weighted by atomic mass is 10.0. The van der Waals surface area contributed by atoms with Crippen LogP contribution in [0.3, 0.4) is 0 Å². The molecule has 0 saturated carbocycles. The molecule has 22 heavy (non-hydrogen) atoms. The molecule has 0 aliphatic rings. The predicted molar refractivity (Wildman–Crippen MR) is 88.5 cm³/mol. The quantitative estimate of drug-likeness (QED) is 0.795. The van der Waals surface area contributed by atoms with Gasteiger partial charge in [-0.3, -0.25) is 0 Å². The maximum Gasteiger partial charge on any atom is 0.315 e. The minimum Gasteiger partial charge on any atom is -0.394 e. The first kappa shape index (κ1) is 16.0. The maximum absolute atomic E-state index is 11.7. The van der Waals surface area contributed by atoms with E-state index in [2.05, 4.69) is 47.9 Å². The van der Waals surface area contributed by atoms with Crippen molar-refractivity contribution in [2.45, 2.75) is 26.4 Å². The van der Waals surface area contributed by atoms with Crippen molar-refractivity contribution in [3.8, 4) is 11.1 Å². The number of urea groups is 1. The van der Waals surface area contributed by atoms with Gasteiger partial charge >= 0.3 is 6.03 Å². The highest BCUT2D eigenvalue weighted by Gasteiger charge is 2.05. The van der Waals surface area contributed by atoms with Crippen molar-refractivity contribution in [3.63, 3.8) is 0 Å². The van der Waals surface area contributed by atoms with Crippen LogP contribution in [0.2, 0.25) is 0 Å². The first-order chi connectivity index (χ1) is 10.6. The van der Waals surface area contributed by atoms with Gasteiger partial charge in [0.25, 0.3) is 0 Å². The van der Waals surface area contributed by atoms with Crippen molar-refractivity contribution in [1.29, 1.82) is 0 Å². The van der Waals surface area contributed by atoms with Crippen LogP contribution in [0.25, 0.3) is 11.1 Å². The smallest absolute Gasteiger partial charge is 0.315 e. The molecular weight excluding hydrogens is 276 g/mol. The zero-order valence-corrected chi connectivity index (χ0v) is 13.0. The van der Waals surface area contributed by atoms with Gasteiger partial charge < -0.3 is 15.7 Å². The second kappa shape index (κ2) is 7.61. The minimum atomic E-state index is -0.275. The van der Waals surface area contributed by atoms with Crippen LogP contribution in [0.15, 0.2) is 48.5 Å². The van der Waals surface area contributed by atoms with Gasteiger partial charge in [-0.15, -0.1) is 0 Å². The van der Waals surface area contributed by atoms with Crippen LogP contribution in [0.5, 0.6) is 0 Å². The second-order valence-electron chi connectivity index (χ2n) is 5.48. The summed E-state index contributed by atoms with van der Waals surface area (Å²) in [6.07, 6.45) is 0. The topological polar surface area (TPSA) is 61.4 Å². The highest BCUT2D eigenvalue weighted by Crippen LogP contribution is 2.21. The highest BCUT2D eigenvalue weighted by molar-refractivity contribution is 5.74. The molecule has 1 atom stereocenters. The van der Waals surface area contributed by atoms with Crippen molar-refractivity contribution >= 4 is 6.03 Å². The largest absolute Gasteiger partial charge is 0.394 e. The molecular formula is C18H22N2O2. The van der Waals surface area contributed by atoms with Gasteiger partial charge in [0.1, 0.15) is 0 Å². The zero-order valence-electron chi connectivity index (χ0n) is 13.0. The summed E-state index contributed by atoms with van der Waals surface area (Å²) in [5, 5.41) is 14.4. The Morgan fingerprint density at radius 3 is 2.50 bits per heavy atom. The molecule has 2 amide bonds. The maximum atomic E-state index is 11.7. The average Bonchev–Trinajstić information content (AvgIpc) is 2.53. The van der Waals surface area contributed by atoms with E-state index >= 15 is 0 Å². The third kappa shape index (κ3) is 4.60. The summed E-state index contributed by atoms with van der Waals surface area (Å²) < 4.78 is 0. The van der Waals surface area contributed by atoms with E-state index in [-0.39, 0.29) is 18.7 Å². The van der Waals surface area contributed by atoms with E-state index < -0.39 is 0 Å². The van der Waals surface area contributed by atoms with E-state index in [0.717, 1.165) is 11.1 Å². The van der Waals surface area contributed by atoms with Gasteiger partial charge in [0.05, 0.1) is 12.6 Å². The molecule has 116 valence electrons. The number of carbonyl (C=O) groups is 1. The number of aliphatic hydroxyl groups excluding tert-OH is 1. The summed E-state index contributed by atoms with van der Waals surface area (Å²) in [4.78, 5) is 11.7. The Morgan fingerprint density at radius 1 is 1.14 bits per heavy atom. The summed E-state index contributed by atoms with van der Waals surface area (Å²) in [6, 6.07) is 15.9. The molecule has 1 unspecified atom stereocenters. The molecule has 0 bridgehead atoms. The summed E-state index contributed by atoms with van der Waals surface area (Å²) in [5.74, 6) is 0. The molecule has 0 aliphatic heterocycles. The molecule has 2 rings (SSSR count). The standard InChI is InChI=1S/C18H22N2O2/c1-13-5-3-7-16(9-13)17-8-4-6-15(10-17)11-19-18(22)20-14(2)12-21/h3-10,14,21H,11-12H2,1-2H3,(H2,19,20,22). The number of hydrogen-bond acceptors (Lipinski definition) is 2.